The number of rotatable bonds is 11. The fourth-order valence-electron chi connectivity index (χ4n) is 10.4. The van der Waals surface area contributed by atoms with E-state index in [0.29, 0.717) is 83.6 Å². The molecule has 0 aliphatic carbocycles. The molecule has 9 aromatic carbocycles. The summed E-state index contributed by atoms with van der Waals surface area (Å²) in [5.74, 6) is -4.96. The van der Waals surface area contributed by atoms with E-state index in [1.165, 1.54) is 48.8 Å². The fourth-order valence-corrected chi connectivity index (χ4v) is 10.4. The Morgan fingerprint density at radius 3 is 1.17 bits per heavy atom. The van der Waals surface area contributed by atoms with Gasteiger partial charge in [-0.2, -0.15) is 0 Å². The third-order valence-corrected chi connectivity index (χ3v) is 14.3. The quantitative estimate of drug-likeness (QED) is 0.0957. The normalized spacial score (nSPS) is 11.1. The predicted octanol–water partition coefficient (Wildman–Crippen LogP) is 19.2. The Hall–Kier alpha value is -9.41. The Morgan fingerprint density at radius 1 is 0.305 bits per heavy atom. The average molecular weight is 1260 g/mol. The summed E-state index contributed by atoms with van der Waals surface area (Å²) in [4.78, 5) is 14.1. The monoisotopic (exact) mass is 1260 g/mol. The van der Waals surface area contributed by atoms with Crippen LogP contribution in [0.25, 0.3) is 123 Å². The molecule has 12 aromatic rings. The molecule has 0 saturated heterocycles. The van der Waals surface area contributed by atoms with E-state index in [-0.39, 0.29) is 42.6 Å². The molecule has 0 aliphatic rings. The smallest absolute Gasteiger partial charge is 0.304 e. The molecular formula is C71H41F7IrN3. The van der Waals surface area contributed by atoms with E-state index in [9.17, 15) is 8.78 Å². The molecular weight excluding hydrogens is 1220 g/mol. The van der Waals surface area contributed by atoms with Crippen LogP contribution >= 0.6 is 0 Å². The van der Waals surface area contributed by atoms with E-state index in [4.69, 9.17) is 4.98 Å². The van der Waals surface area contributed by atoms with Crippen molar-refractivity contribution in [2.75, 3.05) is 0 Å². The zero-order chi connectivity index (χ0) is 55.9. The van der Waals surface area contributed by atoms with E-state index in [2.05, 4.69) is 28.2 Å². The Bertz CT molecular complexity index is 4230. The summed E-state index contributed by atoms with van der Waals surface area (Å²) in [6.45, 7) is 3.59. The molecule has 0 saturated carbocycles. The van der Waals surface area contributed by atoms with Crippen molar-refractivity contribution in [1.82, 2.24) is 15.0 Å². The number of pyridine rings is 3. The maximum atomic E-state index is 16.3. The van der Waals surface area contributed by atoms with Gasteiger partial charge in [0.1, 0.15) is 17.5 Å². The molecule has 0 N–H and O–H groups in total. The van der Waals surface area contributed by atoms with Gasteiger partial charge >= 0.3 is 20.1 Å². The molecule has 12 rings (SSSR count). The van der Waals surface area contributed by atoms with Crippen molar-refractivity contribution in [3.8, 4) is 123 Å². The van der Waals surface area contributed by atoms with Gasteiger partial charge < -0.3 is 15.0 Å². The molecule has 0 unspecified atom stereocenters. The first-order valence-electron chi connectivity index (χ1n) is 25.7. The molecule has 3 aromatic heterocycles. The summed E-state index contributed by atoms with van der Waals surface area (Å²) in [6, 6.07) is 61.6. The first kappa shape index (κ1) is 54.5. The van der Waals surface area contributed by atoms with E-state index < -0.39 is 40.7 Å². The maximum absolute atomic E-state index is 16.3. The summed E-state index contributed by atoms with van der Waals surface area (Å²) >= 11 is 0. The van der Waals surface area contributed by atoms with E-state index in [1.807, 2.05) is 97.1 Å². The van der Waals surface area contributed by atoms with Crippen LogP contribution in [0.5, 0.6) is 0 Å². The molecule has 11 heteroatoms. The SMILES string of the molecule is Cc1cc(-c2[c-]cc(F)cc2F)ncc1-c1ccc(F)cc1-c1cc(-c2cc(F)ccc2-c2cnc(-c3[c-]cc(F)cc3F)cc2C)cc(-c2cc(F)ccc2-c2cnc(-c3[c-]cccc3)cc2-c2ccc(-c3ccccc3)cc2)c1.[Ir+3]. The molecule has 0 radical (unpaired) electrons. The molecule has 0 aliphatic heterocycles. The van der Waals surface area contributed by atoms with Gasteiger partial charge in [-0.15, -0.1) is 60.2 Å². The van der Waals surface area contributed by atoms with Crippen molar-refractivity contribution in [2.24, 2.45) is 0 Å². The van der Waals surface area contributed by atoms with Gasteiger partial charge in [0, 0.05) is 58.5 Å². The molecule has 0 atom stereocenters. The van der Waals surface area contributed by atoms with Crippen LogP contribution < -0.4 is 0 Å². The minimum atomic E-state index is -0.841. The molecule has 82 heavy (non-hydrogen) atoms. The van der Waals surface area contributed by atoms with Crippen molar-refractivity contribution in [2.45, 2.75) is 13.8 Å². The largest absolute Gasteiger partial charge is 3.00 e. The predicted molar refractivity (Wildman–Crippen MR) is 305 cm³/mol. The van der Waals surface area contributed by atoms with Gasteiger partial charge in [-0.3, -0.25) is 17.6 Å². The van der Waals surface area contributed by atoms with Crippen molar-refractivity contribution in [3.63, 3.8) is 0 Å². The molecule has 0 spiro atoms. The van der Waals surface area contributed by atoms with Gasteiger partial charge in [0.2, 0.25) is 0 Å². The summed E-state index contributed by atoms with van der Waals surface area (Å²) in [6.07, 6.45) is 4.83. The van der Waals surface area contributed by atoms with Gasteiger partial charge in [-0.25, -0.2) is 13.2 Å². The summed E-state index contributed by atoms with van der Waals surface area (Å²) in [7, 11) is 0. The van der Waals surface area contributed by atoms with E-state index in [0.717, 1.165) is 52.1 Å². The fraction of sp³-hybridized carbons (Fsp3) is 0.0282. The second kappa shape index (κ2) is 23.0. The first-order valence-corrected chi connectivity index (χ1v) is 25.7. The van der Waals surface area contributed by atoms with Gasteiger partial charge in [-0.05, 0) is 169 Å². The third kappa shape index (κ3) is 11.0. The van der Waals surface area contributed by atoms with Crippen LogP contribution in [0.1, 0.15) is 11.1 Å². The van der Waals surface area contributed by atoms with Crippen molar-refractivity contribution < 1.29 is 50.8 Å². The minimum Gasteiger partial charge on any atom is -0.304 e. The number of halogens is 7. The molecule has 3 heterocycles. The van der Waals surface area contributed by atoms with Gasteiger partial charge in [0.25, 0.3) is 0 Å². The maximum Gasteiger partial charge on any atom is 3.00 e. The Balaban J connectivity index is 0.00000705. The summed E-state index contributed by atoms with van der Waals surface area (Å²) < 4.78 is 106. The summed E-state index contributed by atoms with van der Waals surface area (Å²) in [5, 5.41) is 0. The zero-order valence-electron chi connectivity index (χ0n) is 43.5. The van der Waals surface area contributed by atoms with Crippen LogP contribution in [0.4, 0.5) is 30.7 Å². The van der Waals surface area contributed by atoms with Crippen LogP contribution in [0, 0.1) is 72.8 Å². The Kier molecular flexibility index (Phi) is 15.3. The molecule has 0 bridgehead atoms. The van der Waals surface area contributed by atoms with Crippen LogP contribution in [0.2, 0.25) is 0 Å². The second-order valence-corrected chi connectivity index (χ2v) is 19.6. The first-order chi connectivity index (χ1) is 39.3. The average Bonchev–Trinajstić information content (AvgIpc) is 3.51. The second-order valence-electron chi connectivity index (χ2n) is 19.6. The Morgan fingerprint density at radius 2 is 0.720 bits per heavy atom. The van der Waals surface area contributed by atoms with Crippen LogP contribution in [-0.4, -0.2) is 15.0 Å². The van der Waals surface area contributed by atoms with Crippen molar-refractivity contribution >= 4 is 0 Å². The topological polar surface area (TPSA) is 38.7 Å². The van der Waals surface area contributed by atoms with Crippen LogP contribution in [0.15, 0.2) is 213 Å². The molecule has 0 fully saturated rings. The summed E-state index contributed by atoms with van der Waals surface area (Å²) in [5.41, 5.74) is 12.7. The Labute approximate surface area is 482 Å². The third-order valence-electron chi connectivity index (χ3n) is 14.3. The van der Waals surface area contributed by atoms with Gasteiger partial charge in [0.15, 0.2) is 0 Å². The number of benzene rings is 9. The number of aryl methyl sites for hydroxylation is 2. The number of hydrogen-bond acceptors (Lipinski definition) is 3. The van der Waals surface area contributed by atoms with Crippen LogP contribution in [-0.2, 0) is 20.1 Å². The number of hydrogen-bond donors (Lipinski definition) is 0. The van der Waals surface area contributed by atoms with Crippen molar-refractivity contribution in [1.29, 1.82) is 0 Å². The molecule has 398 valence electrons. The minimum absolute atomic E-state index is 0. The number of aromatic nitrogens is 3. The van der Waals surface area contributed by atoms with Gasteiger partial charge in [0.05, 0.1) is 0 Å². The molecule has 3 nitrogen and oxygen atoms in total. The van der Waals surface area contributed by atoms with E-state index >= 15 is 22.0 Å². The van der Waals surface area contributed by atoms with Crippen molar-refractivity contribution in [3.05, 3.63) is 283 Å². The van der Waals surface area contributed by atoms with Gasteiger partial charge in [-0.1, -0.05) is 114 Å². The zero-order valence-corrected chi connectivity index (χ0v) is 45.9. The number of nitrogens with zero attached hydrogens (tertiary/aromatic N) is 3. The standard InChI is InChI=1S/C71H41F7N3.Ir/c1-41-27-70(58-25-20-53(75)35-67(58)77)80-38-64(41)55-22-17-50(72)32-60(55)47-29-48(61-33-51(73)18-23-56(61)65-39-81-71(28-42(65)2)59-26-21-54(76)36-68(59)78)31-49(30-47)62-34-52(74)19-24-57(62)66-40-79-69(46-11-7-4-8-12-46)37-63(66)45-15-13-44(14-16-45)43-9-5-3-6-10-43;/h3-11,13-24,27-40H,1-2H3;/q-3;+3. The van der Waals surface area contributed by atoms with E-state index in [1.54, 1.807) is 56.4 Å². The van der Waals surface area contributed by atoms with Crippen LogP contribution in [0.3, 0.4) is 0 Å². The molecule has 0 amide bonds.